The van der Waals surface area contributed by atoms with Gasteiger partial charge in [-0.05, 0) is 25.0 Å². The van der Waals surface area contributed by atoms with E-state index in [1.807, 2.05) is 30.3 Å². The van der Waals surface area contributed by atoms with Gasteiger partial charge < -0.3 is 9.47 Å². The largest absolute Gasteiger partial charge is 0.486 e. The van der Waals surface area contributed by atoms with Gasteiger partial charge in [-0.15, -0.1) is 10.2 Å². The monoisotopic (exact) mass is 472 g/mol. The molecule has 0 bridgehead atoms. The van der Waals surface area contributed by atoms with Crippen molar-refractivity contribution >= 4 is 32.4 Å². The summed E-state index contributed by atoms with van der Waals surface area (Å²) in [7, 11) is -3.89. The van der Waals surface area contributed by atoms with Gasteiger partial charge in [0.15, 0.2) is 11.5 Å². The van der Waals surface area contributed by atoms with Crippen LogP contribution in [0.3, 0.4) is 0 Å². The van der Waals surface area contributed by atoms with Gasteiger partial charge in [0.25, 0.3) is 0 Å². The molecule has 0 saturated carbocycles. The van der Waals surface area contributed by atoms with Crippen LogP contribution >= 0.6 is 11.3 Å². The molecule has 9 nitrogen and oxygen atoms in total. The molecule has 1 fully saturated rings. The Morgan fingerprint density at radius 2 is 1.84 bits per heavy atom. The third-order valence-electron chi connectivity index (χ3n) is 5.30. The zero-order valence-corrected chi connectivity index (χ0v) is 18.6. The average molecular weight is 473 g/mol. The molecule has 1 aromatic heterocycles. The number of benzene rings is 2. The van der Waals surface area contributed by atoms with Crippen LogP contribution in [0.1, 0.15) is 12.8 Å². The lowest BCUT2D eigenvalue weighted by Gasteiger charge is -2.24. The van der Waals surface area contributed by atoms with Crippen molar-refractivity contribution in [3.8, 4) is 22.1 Å². The van der Waals surface area contributed by atoms with E-state index in [2.05, 4.69) is 15.5 Å². The van der Waals surface area contributed by atoms with E-state index in [-0.39, 0.29) is 11.4 Å². The highest BCUT2D eigenvalue weighted by molar-refractivity contribution is 7.89. The molecule has 5 rings (SSSR count). The third-order valence-corrected chi connectivity index (χ3v) is 8.09. The summed E-state index contributed by atoms with van der Waals surface area (Å²) in [4.78, 5) is 13.0. The number of anilines is 1. The lowest BCUT2D eigenvalue weighted by atomic mass is 10.2. The summed E-state index contributed by atoms with van der Waals surface area (Å²) in [5.41, 5.74) is 0.897. The van der Waals surface area contributed by atoms with Gasteiger partial charge in [0.05, 0.1) is 4.90 Å². The predicted molar refractivity (Wildman–Crippen MR) is 118 cm³/mol. The number of aromatic nitrogens is 2. The van der Waals surface area contributed by atoms with Crippen molar-refractivity contribution in [2.45, 2.75) is 23.8 Å². The van der Waals surface area contributed by atoms with E-state index in [0.29, 0.717) is 47.7 Å². The molecule has 0 unspecified atom stereocenters. The first-order valence-corrected chi connectivity index (χ1v) is 12.4. The summed E-state index contributed by atoms with van der Waals surface area (Å²) in [6.07, 6.45) is 1.02. The van der Waals surface area contributed by atoms with Crippen molar-refractivity contribution in [3.05, 3.63) is 48.5 Å². The Morgan fingerprint density at radius 1 is 1.06 bits per heavy atom. The number of nitrogens with zero attached hydrogens (tertiary/aromatic N) is 3. The molecule has 32 heavy (non-hydrogen) atoms. The number of fused-ring (bicyclic) bond motifs is 1. The van der Waals surface area contributed by atoms with Gasteiger partial charge >= 0.3 is 0 Å². The van der Waals surface area contributed by atoms with E-state index in [1.54, 1.807) is 6.07 Å². The van der Waals surface area contributed by atoms with Gasteiger partial charge in [0.1, 0.15) is 24.3 Å². The maximum absolute atomic E-state index is 13.3. The highest BCUT2D eigenvalue weighted by Gasteiger charge is 2.40. The van der Waals surface area contributed by atoms with Gasteiger partial charge in [-0.3, -0.25) is 10.1 Å². The van der Waals surface area contributed by atoms with Gasteiger partial charge in [0, 0.05) is 18.2 Å². The van der Waals surface area contributed by atoms with Gasteiger partial charge in [-0.25, -0.2) is 8.42 Å². The molecule has 1 atom stereocenters. The van der Waals surface area contributed by atoms with Crippen LogP contribution in [-0.2, 0) is 14.8 Å². The van der Waals surface area contributed by atoms with Crippen molar-refractivity contribution in [1.82, 2.24) is 14.5 Å². The molecule has 3 aromatic rings. The molecule has 0 radical (unpaired) electrons. The van der Waals surface area contributed by atoms with Gasteiger partial charge in [-0.1, -0.05) is 41.7 Å². The molecule has 2 aromatic carbocycles. The van der Waals surface area contributed by atoms with E-state index >= 15 is 0 Å². The maximum Gasteiger partial charge on any atom is 0.244 e. The second-order valence-corrected chi connectivity index (χ2v) is 10.2. The zero-order chi connectivity index (χ0) is 22.1. The van der Waals surface area contributed by atoms with Crippen LogP contribution in [0, 0.1) is 0 Å². The second kappa shape index (κ2) is 8.49. The number of sulfonamides is 1. The number of hydrogen-bond acceptors (Lipinski definition) is 8. The highest BCUT2D eigenvalue weighted by Crippen LogP contribution is 2.35. The zero-order valence-electron chi connectivity index (χ0n) is 16.9. The van der Waals surface area contributed by atoms with Crippen LogP contribution in [0.15, 0.2) is 53.4 Å². The van der Waals surface area contributed by atoms with E-state index in [4.69, 9.17) is 9.47 Å². The summed E-state index contributed by atoms with van der Waals surface area (Å²) in [6, 6.07) is 13.2. The number of rotatable bonds is 5. The Bertz CT molecular complexity index is 1250. The first-order chi connectivity index (χ1) is 15.5. The summed E-state index contributed by atoms with van der Waals surface area (Å²) in [5.74, 6) is 0.482. The fourth-order valence-electron chi connectivity index (χ4n) is 3.77. The molecular formula is C21H20N4O5S2. The number of carbonyl (C=O) groups is 1. The van der Waals surface area contributed by atoms with Crippen LogP contribution in [0.25, 0.3) is 10.6 Å². The van der Waals surface area contributed by atoms with Gasteiger partial charge in [-0.2, -0.15) is 4.31 Å². The molecule has 0 aliphatic carbocycles. The lowest BCUT2D eigenvalue weighted by Crippen LogP contribution is -2.43. The molecule has 0 spiro atoms. The highest BCUT2D eigenvalue weighted by atomic mass is 32.2. The van der Waals surface area contributed by atoms with E-state index in [9.17, 15) is 13.2 Å². The number of carbonyl (C=O) groups excluding carboxylic acids is 1. The molecule has 1 saturated heterocycles. The number of hydrogen-bond donors (Lipinski definition) is 1. The fourth-order valence-corrected chi connectivity index (χ4v) is 6.19. The van der Waals surface area contributed by atoms with Crippen LogP contribution in [0.2, 0.25) is 0 Å². The predicted octanol–water partition coefficient (Wildman–Crippen LogP) is 2.77. The lowest BCUT2D eigenvalue weighted by molar-refractivity contribution is -0.119. The molecular weight excluding hydrogens is 452 g/mol. The van der Waals surface area contributed by atoms with Crippen LogP contribution in [0.4, 0.5) is 5.13 Å². The molecule has 1 N–H and O–H groups in total. The second-order valence-electron chi connectivity index (χ2n) is 7.35. The summed E-state index contributed by atoms with van der Waals surface area (Å²) >= 11 is 1.24. The minimum absolute atomic E-state index is 0.0729. The topological polar surface area (TPSA) is 111 Å². The summed E-state index contributed by atoms with van der Waals surface area (Å²) < 4.78 is 38.8. The molecule has 2 aliphatic rings. The minimum atomic E-state index is -3.89. The van der Waals surface area contributed by atoms with Crippen LogP contribution in [0.5, 0.6) is 11.5 Å². The first kappa shape index (κ1) is 20.9. The molecule has 2 aliphatic heterocycles. The Kier molecular flexibility index (Phi) is 5.53. The molecule has 3 heterocycles. The third kappa shape index (κ3) is 3.94. The number of nitrogens with one attached hydrogen (secondary N) is 1. The molecule has 11 heteroatoms. The van der Waals surface area contributed by atoms with E-state index in [0.717, 1.165) is 5.56 Å². The van der Waals surface area contributed by atoms with Crippen molar-refractivity contribution in [2.24, 2.45) is 0 Å². The standard InChI is InChI=1S/C21H20N4O5S2/c26-19(22-21-24-23-20(31-21)14-5-2-1-3-6-14)16-7-4-10-25(16)32(27,28)15-8-9-17-18(13-15)30-12-11-29-17/h1-3,5-6,8-9,13,16H,4,7,10-12H2,(H,22,24,26)/t16-/m0/s1. The summed E-state index contributed by atoms with van der Waals surface area (Å²) in [6.45, 7) is 1.05. The van der Waals surface area contributed by atoms with Crippen molar-refractivity contribution in [2.75, 3.05) is 25.1 Å². The Labute approximate surface area is 189 Å². The maximum atomic E-state index is 13.3. The SMILES string of the molecule is O=C(Nc1nnc(-c2ccccc2)s1)[C@@H]1CCCN1S(=O)(=O)c1ccc2c(c1)OCCO2. The average Bonchev–Trinajstić information content (AvgIpc) is 3.50. The van der Waals surface area contributed by atoms with Crippen molar-refractivity contribution in [3.63, 3.8) is 0 Å². The Hall–Kier alpha value is -3.02. The Balaban J connectivity index is 1.34. The smallest absolute Gasteiger partial charge is 0.244 e. The normalized spacial score (nSPS) is 18.4. The van der Waals surface area contributed by atoms with E-state index < -0.39 is 22.0 Å². The minimum Gasteiger partial charge on any atom is -0.486 e. The first-order valence-electron chi connectivity index (χ1n) is 10.1. The summed E-state index contributed by atoms with van der Waals surface area (Å²) in [5, 5.41) is 11.9. The van der Waals surface area contributed by atoms with Crippen LogP contribution < -0.4 is 14.8 Å². The number of ether oxygens (including phenoxy) is 2. The Morgan fingerprint density at radius 3 is 2.66 bits per heavy atom. The molecule has 1 amide bonds. The fraction of sp³-hybridized carbons (Fsp3) is 0.286. The molecule has 166 valence electrons. The van der Waals surface area contributed by atoms with E-state index in [1.165, 1.54) is 27.8 Å². The quantitative estimate of drug-likeness (QED) is 0.608. The van der Waals surface area contributed by atoms with Gasteiger partial charge in [0.2, 0.25) is 21.1 Å². The van der Waals surface area contributed by atoms with Crippen molar-refractivity contribution in [1.29, 1.82) is 0 Å². The van der Waals surface area contributed by atoms with Crippen molar-refractivity contribution < 1.29 is 22.7 Å². The van der Waals surface area contributed by atoms with Crippen LogP contribution in [-0.4, -0.2) is 54.6 Å². The number of amides is 1.